The van der Waals surface area contributed by atoms with Gasteiger partial charge in [0.15, 0.2) is 0 Å². The first kappa shape index (κ1) is 14.5. The Labute approximate surface area is 109 Å². The standard InChI is InChI=1S/C14H22N2O2/c1-3-18-9-8-16-14(17)10-11(2)12-4-6-13(15)7-5-12/h4-7,11H,3,8-10,15H2,1-2H3,(H,16,17). The van der Waals surface area contributed by atoms with E-state index in [1.165, 1.54) is 0 Å². The second kappa shape index (κ2) is 7.71. The maximum Gasteiger partial charge on any atom is 0.220 e. The molecule has 0 aliphatic heterocycles. The van der Waals surface area contributed by atoms with Crippen LogP contribution in [0.1, 0.15) is 31.7 Å². The first-order valence-corrected chi connectivity index (χ1v) is 6.33. The van der Waals surface area contributed by atoms with Crippen LogP contribution in [0.4, 0.5) is 5.69 Å². The first-order chi connectivity index (χ1) is 8.63. The molecule has 1 aromatic carbocycles. The van der Waals surface area contributed by atoms with Crippen molar-refractivity contribution in [2.45, 2.75) is 26.2 Å². The largest absolute Gasteiger partial charge is 0.399 e. The maximum absolute atomic E-state index is 11.7. The van der Waals surface area contributed by atoms with E-state index in [4.69, 9.17) is 10.5 Å². The number of amides is 1. The average molecular weight is 250 g/mol. The zero-order valence-corrected chi connectivity index (χ0v) is 11.1. The highest BCUT2D eigenvalue weighted by molar-refractivity contribution is 5.76. The van der Waals surface area contributed by atoms with Crippen LogP contribution in [0, 0.1) is 0 Å². The van der Waals surface area contributed by atoms with Crippen LogP contribution in [-0.4, -0.2) is 25.7 Å². The summed E-state index contributed by atoms with van der Waals surface area (Å²) in [6.45, 7) is 5.79. The number of hydrogen-bond donors (Lipinski definition) is 2. The molecule has 4 heteroatoms. The van der Waals surface area contributed by atoms with Crippen molar-refractivity contribution < 1.29 is 9.53 Å². The lowest BCUT2D eigenvalue weighted by Crippen LogP contribution is -2.28. The number of rotatable bonds is 7. The van der Waals surface area contributed by atoms with Crippen molar-refractivity contribution in [1.29, 1.82) is 0 Å². The second-order valence-electron chi connectivity index (χ2n) is 4.32. The molecule has 100 valence electrons. The van der Waals surface area contributed by atoms with Gasteiger partial charge in [-0.1, -0.05) is 19.1 Å². The van der Waals surface area contributed by atoms with Crippen molar-refractivity contribution in [1.82, 2.24) is 5.32 Å². The topological polar surface area (TPSA) is 64.3 Å². The molecular weight excluding hydrogens is 228 g/mol. The molecule has 1 atom stereocenters. The lowest BCUT2D eigenvalue weighted by molar-refractivity contribution is -0.121. The molecule has 0 fully saturated rings. The molecule has 4 nitrogen and oxygen atoms in total. The molecule has 0 heterocycles. The zero-order valence-electron chi connectivity index (χ0n) is 11.1. The van der Waals surface area contributed by atoms with E-state index in [2.05, 4.69) is 5.32 Å². The Bertz CT molecular complexity index is 363. The van der Waals surface area contributed by atoms with Gasteiger partial charge in [-0.15, -0.1) is 0 Å². The van der Waals surface area contributed by atoms with Crippen molar-refractivity contribution in [2.75, 3.05) is 25.5 Å². The number of hydrogen-bond acceptors (Lipinski definition) is 3. The molecular formula is C14H22N2O2. The third kappa shape index (κ3) is 5.19. The predicted molar refractivity (Wildman–Crippen MR) is 73.4 cm³/mol. The van der Waals surface area contributed by atoms with Gasteiger partial charge in [-0.25, -0.2) is 0 Å². The van der Waals surface area contributed by atoms with Gasteiger partial charge in [-0.3, -0.25) is 4.79 Å². The van der Waals surface area contributed by atoms with E-state index in [1.54, 1.807) is 0 Å². The van der Waals surface area contributed by atoms with Gasteiger partial charge in [-0.05, 0) is 30.5 Å². The van der Waals surface area contributed by atoms with E-state index < -0.39 is 0 Å². The van der Waals surface area contributed by atoms with Crippen LogP contribution in [0.3, 0.4) is 0 Å². The average Bonchev–Trinajstić information content (AvgIpc) is 2.35. The van der Waals surface area contributed by atoms with Crippen LogP contribution in [-0.2, 0) is 9.53 Å². The van der Waals surface area contributed by atoms with E-state index in [9.17, 15) is 4.79 Å². The minimum atomic E-state index is 0.0547. The molecule has 1 amide bonds. The first-order valence-electron chi connectivity index (χ1n) is 6.33. The summed E-state index contributed by atoms with van der Waals surface area (Å²) in [6.07, 6.45) is 0.482. The number of nitrogens with two attached hydrogens (primary N) is 1. The van der Waals surface area contributed by atoms with Gasteiger partial charge >= 0.3 is 0 Å². The van der Waals surface area contributed by atoms with Crippen molar-refractivity contribution in [3.05, 3.63) is 29.8 Å². The zero-order chi connectivity index (χ0) is 13.4. The highest BCUT2D eigenvalue weighted by Crippen LogP contribution is 2.19. The number of benzene rings is 1. The number of nitrogens with one attached hydrogen (secondary N) is 1. The van der Waals surface area contributed by atoms with Gasteiger partial charge in [-0.2, -0.15) is 0 Å². The van der Waals surface area contributed by atoms with E-state index >= 15 is 0 Å². The number of ether oxygens (including phenoxy) is 1. The highest BCUT2D eigenvalue weighted by Gasteiger charge is 2.10. The van der Waals surface area contributed by atoms with Crippen LogP contribution in [0.2, 0.25) is 0 Å². The molecule has 0 saturated carbocycles. The predicted octanol–water partition coefficient (Wildman–Crippen LogP) is 1.92. The van der Waals surface area contributed by atoms with Crippen LogP contribution >= 0.6 is 0 Å². The van der Waals surface area contributed by atoms with Gasteiger partial charge in [0.05, 0.1) is 6.61 Å². The summed E-state index contributed by atoms with van der Waals surface area (Å²) < 4.78 is 5.16. The van der Waals surface area contributed by atoms with Gasteiger partial charge in [0, 0.05) is 25.3 Å². The van der Waals surface area contributed by atoms with Crippen LogP contribution in [0.15, 0.2) is 24.3 Å². The quantitative estimate of drug-likeness (QED) is 0.574. The van der Waals surface area contributed by atoms with E-state index in [1.807, 2.05) is 38.1 Å². The van der Waals surface area contributed by atoms with Crippen LogP contribution < -0.4 is 11.1 Å². The van der Waals surface area contributed by atoms with Crippen molar-refractivity contribution in [3.8, 4) is 0 Å². The van der Waals surface area contributed by atoms with Gasteiger partial charge in [0.25, 0.3) is 0 Å². The number of carbonyl (C=O) groups is 1. The molecule has 3 N–H and O–H groups in total. The Balaban J connectivity index is 2.33. The summed E-state index contributed by atoms with van der Waals surface area (Å²) >= 11 is 0. The summed E-state index contributed by atoms with van der Waals surface area (Å²) in [5, 5.41) is 2.84. The number of nitrogen functional groups attached to an aromatic ring is 1. The van der Waals surface area contributed by atoms with Crippen molar-refractivity contribution in [2.24, 2.45) is 0 Å². The Morgan fingerprint density at radius 3 is 2.67 bits per heavy atom. The Hall–Kier alpha value is -1.55. The third-order valence-electron chi connectivity index (χ3n) is 2.77. The summed E-state index contributed by atoms with van der Waals surface area (Å²) in [7, 11) is 0. The second-order valence-corrected chi connectivity index (χ2v) is 4.32. The molecule has 0 saturated heterocycles. The monoisotopic (exact) mass is 250 g/mol. The Kier molecular flexibility index (Phi) is 6.22. The fourth-order valence-corrected chi connectivity index (χ4v) is 1.70. The Morgan fingerprint density at radius 1 is 1.39 bits per heavy atom. The van der Waals surface area contributed by atoms with Gasteiger partial charge < -0.3 is 15.8 Å². The molecule has 1 aromatic rings. The summed E-state index contributed by atoms with van der Waals surface area (Å²) in [5.74, 6) is 0.247. The normalized spacial score (nSPS) is 12.1. The number of carbonyl (C=O) groups excluding carboxylic acids is 1. The van der Waals surface area contributed by atoms with Gasteiger partial charge in [0.1, 0.15) is 0 Å². The van der Waals surface area contributed by atoms with E-state index in [0.717, 1.165) is 11.3 Å². The summed E-state index contributed by atoms with van der Waals surface area (Å²) in [5.41, 5.74) is 7.50. The number of anilines is 1. The smallest absolute Gasteiger partial charge is 0.220 e. The summed E-state index contributed by atoms with van der Waals surface area (Å²) in [4.78, 5) is 11.7. The molecule has 0 aliphatic rings. The van der Waals surface area contributed by atoms with Crippen molar-refractivity contribution >= 4 is 11.6 Å². The highest BCUT2D eigenvalue weighted by atomic mass is 16.5. The lowest BCUT2D eigenvalue weighted by atomic mass is 9.97. The minimum Gasteiger partial charge on any atom is -0.399 e. The van der Waals surface area contributed by atoms with E-state index in [0.29, 0.717) is 26.2 Å². The fraction of sp³-hybridized carbons (Fsp3) is 0.500. The molecule has 0 aromatic heterocycles. The third-order valence-corrected chi connectivity index (χ3v) is 2.77. The molecule has 0 aliphatic carbocycles. The lowest BCUT2D eigenvalue weighted by Gasteiger charge is -2.12. The summed E-state index contributed by atoms with van der Waals surface area (Å²) in [6, 6.07) is 7.65. The van der Waals surface area contributed by atoms with E-state index in [-0.39, 0.29) is 11.8 Å². The minimum absolute atomic E-state index is 0.0547. The van der Waals surface area contributed by atoms with Crippen LogP contribution in [0.25, 0.3) is 0 Å². The molecule has 0 radical (unpaired) electrons. The van der Waals surface area contributed by atoms with Crippen molar-refractivity contribution in [3.63, 3.8) is 0 Å². The van der Waals surface area contributed by atoms with Gasteiger partial charge in [0.2, 0.25) is 5.91 Å². The SMILES string of the molecule is CCOCCNC(=O)CC(C)c1ccc(N)cc1. The van der Waals surface area contributed by atoms with Crippen LogP contribution in [0.5, 0.6) is 0 Å². The molecule has 0 bridgehead atoms. The molecule has 18 heavy (non-hydrogen) atoms. The fourth-order valence-electron chi connectivity index (χ4n) is 1.70. The molecule has 0 spiro atoms. The molecule has 1 rings (SSSR count). The Morgan fingerprint density at radius 2 is 2.06 bits per heavy atom. The molecule has 1 unspecified atom stereocenters. The maximum atomic E-state index is 11.7.